The molecule has 1 aliphatic heterocycles. The van der Waals surface area contributed by atoms with E-state index < -0.39 is 0 Å². The quantitative estimate of drug-likeness (QED) is 0.412. The highest BCUT2D eigenvalue weighted by molar-refractivity contribution is 7.22. The van der Waals surface area contributed by atoms with Gasteiger partial charge in [0.15, 0.2) is 5.13 Å². The molecule has 2 heterocycles. The third-order valence-electron chi connectivity index (χ3n) is 6.30. The van der Waals surface area contributed by atoms with Crippen LogP contribution in [-0.2, 0) is 0 Å². The van der Waals surface area contributed by atoms with Crippen molar-refractivity contribution in [3.8, 4) is 5.75 Å². The summed E-state index contributed by atoms with van der Waals surface area (Å²) in [7, 11) is 0. The third-order valence-corrected chi connectivity index (χ3v) is 7.57. The number of rotatable bonds is 10. The van der Waals surface area contributed by atoms with Crippen LogP contribution < -0.4 is 15.0 Å². The number of carbonyl (C=O) groups excluding carboxylic acids is 1. The Morgan fingerprint density at radius 2 is 1.85 bits per heavy atom. The number of fused-ring (bicyclic) bond motifs is 1. The minimum absolute atomic E-state index is 0.0312. The summed E-state index contributed by atoms with van der Waals surface area (Å²) in [4.78, 5) is 22.2. The van der Waals surface area contributed by atoms with Crippen molar-refractivity contribution in [1.29, 1.82) is 0 Å². The largest absolute Gasteiger partial charge is 0.494 e. The van der Waals surface area contributed by atoms with Crippen molar-refractivity contribution in [1.82, 2.24) is 15.2 Å². The number of hydrogen-bond donors (Lipinski definition) is 1. The molecule has 6 nitrogen and oxygen atoms in total. The van der Waals surface area contributed by atoms with E-state index in [0.717, 1.165) is 62.1 Å². The number of piperazine rings is 1. The minimum atomic E-state index is -0.0312. The summed E-state index contributed by atoms with van der Waals surface area (Å²) in [6, 6.07) is 11.8. The Hall–Kier alpha value is -2.64. The number of benzene rings is 2. The van der Waals surface area contributed by atoms with Gasteiger partial charge in [-0.2, -0.15) is 0 Å². The lowest BCUT2D eigenvalue weighted by molar-refractivity contribution is 0.0947. The van der Waals surface area contributed by atoms with Crippen molar-refractivity contribution >= 4 is 32.6 Å². The van der Waals surface area contributed by atoms with E-state index in [-0.39, 0.29) is 5.91 Å². The number of carbonyl (C=O) groups is 1. The average Bonchev–Trinajstić information content (AvgIpc) is 3.27. The van der Waals surface area contributed by atoms with E-state index in [1.54, 1.807) is 11.3 Å². The average molecular weight is 481 g/mol. The molecule has 34 heavy (non-hydrogen) atoms. The minimum Gasteiger partial charge on any atom is -0.494 e. The maximum absolute atomic E-state index is 12.5. The van der Waals surface area contributed by atoms with E-state index in [9.17, 15) is 4.79 Å². The molecule has 1 amide bonds. The zero-order valence-corrected chi connectivity index (χ0v) is 21.4. The normalized spacial score (nSPS) is 14.5. The van der Waals surface area contributed by atoms with E-state index in [1.165, 1.54) is 28.7 Å². The molecule has 1 aliphatic rings. The number of amides is 1. The van der Waals surface area contributed by atoms with Gasteiger partial charge in [-0.15, -0.1) is 0 Å². The van der Waals surface area contributed by atoms with Crippen LogP contribution in [-0.4, -0.2) is 61.7 Å². The topological polar surface area (TPSA) is 57.7 Å². The van der Waals surface area contributed by atoms with Crippen molar-refractivity contribution in [2.75, 3.05) is 50.8 Å². The molecule has 1 fully saturated rings. The molecule has 0 bridgehead atoms. The molecule has 2 aromatic carbocycles. The Labute approximate surface area is 206 Å². The summed E-state index contributed by atoms with van der Waals surface area (Å²) >= 11 is 1.80. The van der Waals surface area contributed by atoms with Crippen LogP contribution in [0.15, 0.2) is 36.4 Å². The van der Waals surface area contributed by atoms with Crippen molar-refractivity contribution in [3.63, 3.8) is 0 Å². The smallest absolute Gasteiger partial charge is 0.251 e. The molecule has 0 aliphatic carbocycles. The summed E-state index contributed by atoms with van der Waals surface area (Å²) in [5.41, 5.74) is 4.36. The second kappa shape index (κ2) is 11.7. The molecule has 182 valence electrons. The Bertz CT molecular complexity index is 1090. The van der Waals surface area contributed by atoms with Gasteiger partial charge in [-0.3, -0.25) is 9.69 Å². The lowest BCUT2D eigenvalue weighted by Gasteiger charge is -2.34. The molecule has 0 atom stereocenters. The Kier molecular flexibility index (Phi) is 8.40. The SMILES string of the molecule is CCCCCOc1ccc(C(=O)NCCN2CCN(c3nc4cc(C)cc(C)c4s3)CC2)cc1. The van der Waals surface area contributed by atoms with Crippen LogP contribution in [0, 0.1) is 13.8 Å². The highest BCUT2D eigenvalue weighted by Crippen LogP contribution is 2.32. The fourth-order valence-corrected chi connectivity index (χ4v) is 5.40. The molecule has 3 aromatic rings. The van der Waals surface area contributed by atoms with E-state index in [1.807, 2.05) is 24.3 Å². The number of nitrogens with one attached hydrogen (secondary N) is 1. The number of thiazole rings is 1. The molecule has 0 radical (unpaired) electrons. The van der Waals surface area contributed by atoms with Crippen LogP contribution >= 0.6 is 11.3 Å². The van der Waals surface area contributed by atoms with Crippen LogP contribution in [0.25, 0.3) is 10.2 Å². The number of aryl methyl sites for hydroxylation is 2. The van der Waals surface area contributed by atoms with E-state index in [0.29, 0.717) is 12.1 Å². The number of aromatic nitrogens is 1. The van der Waals surface area contributed by atoms with Gasteiger partial charge < -0.3 is 15.0 Å². The Morgan fingerprint density at radius 3 is 2.59 bits per heavy atom. The van der Waals surface area contributed by atoms with Crippen molar-refractivity contribution < 1.29 is 9.53 Å². The van der Waals surface area contributed by atoms with E-state index in [4.69, 9.17) is 9.72 Å². The molecular formula is C27H36N4O2S. The van der Waals surface area contributed by atoms with Gasteiger partial charge in [-0.25, -0.2) is 4.98 Å². The number of hydrogen-bond acceptors (Lipinski definition) is 6. The van der Waals surface area contributed by atoms with Crippen molar-refractivity contribution in [2.24, 2.45) is 0 Å². The van der Waals surface area contributed by atoms with Gasteiger partial charge in [0.1, 0.15) is 5.75 Å². The first kappa shape index (κ1) is 24.5. The Balaban J connectivity index is 1.19. The van der Waals surface area contributed by atoms with E-state index >= 15 is 0 Å². The van der Waals surface area contributed by atoms with Gasteiger partial charge >= 0.3 is 0 Å². The van der Waals surface area contributed by atoms with Crippen LogP contribution in [0.2, 0.25) is 0 Å². The summed E-state index contributed by atoms with van der Waals surface area (Å²) in [5.74, 6) is 0.792. The maximum Gasteiger partial charge on any atom is 0.251 e. The predicted octanol–water partition coefficient (Wildman–Crippen LogP) is 5.03. The van der Waals surface area contributed by atoms with Crippen LogP contribution in [0.4, 0.5) is 5.13 Å². The second-order valence-electron chi connectivity index (χ2n) is 9.09. The van der Waals surface area contributed by atoms with Crippen molar-refractivity contribution in [2.45, 2.75) is 40.0 Å². The first-order valence-electron chi connectivity index (χ1n) is 12.4. The monoisotopic (exact) mass is 480 g/mol. The summed E-state index contributed by atoms with van der Waals surface area (Å²) in [5, 5.41) is 4.17. The van der Waals surface area contributed by atoms with Gasteiger partial charge in [0, 0.05) is 44.8 Å². The number of ether oxygens (including phenoxy) is 1. The number of anilines is 1. The molecule has 0 saturated carbocycles. The van der Waals surface area contributed by atoms with Gasteiger partial charge in [0.05, 0.1) is 16.8 Å². The van der Waals surface area contributed by atoms with Crippen LogP contribution in [0.1, 0.15) is 47.7 Å². The van der Waals surface area contributed by atoms with Gasteiger partial charge in [0.2, 0.25) is 0 Å². The first-order chi connectivity index (χ1) is 16.5. The number of nitrogens with zero attached hydrogens (tertiary/aromatic N) is 3. The first-order valence-corrected chi connectivity index (χ1v) is 13.2. The molecule has 1 N–H and O–H groups in total. The van der Waals surface area contributed by atoms with Crippen molar-refractivity contribution in [3.05, 3.63) is 53.1 Å². The second-order valence-corrected chi connectivity index (χ2v) is 10.1. The lowest BCUT2D eigenvalue weighted by Crippen LogP contribution is -2.48. The zero-order chi connectivity index (χ0) is 23.9. The highest BCUT2D eigenvalue weighted by Gasteiger charge is 2.20. The number of unbranched alkanes of at least 4 members (excludes halogenated alkanes) is 2. The fraction of sp³-hybridized carbons (Fsp3) is 0.481. The molecule has 1 saturated heterocycles. The molecule has 7 heteroatoms. The summed E-state index contributed by atoms with van der Waals surface area (Å²) in [6.07, 6.45) is 3.42. The lowest BCUT2D eigenvalue weighted by atomic mass is 10.1. The van der Waals surface area contributed by atoms with Crippen LogP contribution in [0.5, 0.6) is 5.75 Å². The molecule has 1 aromatic heterocycles. The predicted molar refractivity (Wildman–Crippen MR) is 142 cm³/mol. The summed E-state index contributed by atoms with van der Waals surface area (Å²) < 4.78 is 7.02. The molecular weight excluding hydrogens is 444 g/mol. The molecule has 0 unspecified atom stereocenters. The third kappa shape index (κ3) is 6.27. The zero-order valence-electron chi connectivity index (χ0n) is 20.6. The maximum atomic E-state index is 12.5. The molecule has 4 rings (SSSR count). The van der Waals surface area contributed by atoms with Gasteiger partial charge in [0.25, 0.3) is 5.91 Å². The standard InChI is InChI=1S/C27H36N4O2S/c1-4-5-6-17-33-23-9-7-22(8-10-23)26(32)28-11-12-30-13-15-31(16-14-30)27-29-24-19-20(2)18-21(3)25(24)34-27/h7-10,18-19H,4-6,11-17H2,1-3H3,(H,28,32). The molecule has 0 spiro atoms. The van der Waals surface area contributed by atoms with Crippen LogP contribution in [0.3, 0.4) is 0 Å². The van der Waals surface area contributed by atoms with Gasteiger partial charge in [-0.05, 0) is 61.7 Å². The highest BCUT2D eigenvalue weighted by atomic mass is 32.1. The summed E-state index contributed by atoms with van der Waals surface area (Å²) in [6.45, 7) is 12.6. The van der Waals surface area contributed by atoms with E-state index in [2.05, 4.69) is 48.0 Å². The fourth-order valence-electron chi connectivity index (χ4n) is 4.34. The Morgan fingerprint density at radius 1 is 1.09 bits per heavy atom. The van der Waals surface area contributed by atoms with Gasteiger partial charge in [-0.1, -0.05) is 37.2 Å².